The van der Waals surface area contributed by atoms with Crippen LogP contribution in [-0.4, -0.2) is 23.2 Å². The predicted octanol–water partition coefficient (Wildman–Crippen LogP) is 2.29. The van der Waals surface area contributed by atoms with Gasteiger partial charge >= 0.3 is 68.6 Å². The summed E-state index contributed by atoms with van der Waals surface area (Å²) < 4.78 is 3.45. The molecule has 0 aromatic rings. The van der Waals surface area contributed by atoms with Crippen LogP contribution in [0.15, 0.2) is 17.7 Å². The van der Waals surface area contributed by atoms with Crippen molar-refractivity contribution in [2.45, 2.75) is 27.7 Å². The van der Waals surface area contributed by atoms with Crippen LogP contribution in [0.4, 0.5) is 0 Å². The Balaban J connectivity index is 2.97. The molecule has 1 radical (unpaired) electrons. The molecule has 0 spiro atoms. The van der Waals surface area contributed by atoms with Crippen LogP contribution in [0.2, 0.25) is 0 Å². The molecule has 0 aliphatic carbocycles. The van der Waals surface area contributed by atoms with Crippen molar-refractivity contribution in [3.63, 3.8) is 0 Å². The zero-order chi connectivity index (χ0) is 7.02. The first-order valence-electron chi connectivity index (χ1n) is 3.20. The zero-order valence-electron chi connectivity index (χ0n) is 6.45. The molecule has 0 nitrogen and oxygen atoms in total. The van der Waals surface area contributed by atoms with Crippen molar-refractivity contribution in [1.82, 2.24) is 0 Å². The predicted molar refractivity (Wildman–Crippen MR) is 42.5 cm³/mol. The van der Waals surface area contributed by atoms with Gasteiger partial charge in [-0.1, -0.05) is 0 Å². The first kappa shape index (κ1) is 7.47. The van der Waals surface area contributed by atoms with Gasteiger partial charge in [-0.15, -0.1) is 0 Å². The van der Waals surface area contributed by atoms with Gasteiger partial charge in [0.2, 0.25) is 0 Å². The van der Waals surface area contributed by atoms with Gasteiger partial charge in [0.05, 0.1) is 0 Å². The van der Waals surface area contributed by atoms with Crippen LogP contribution >= 0.6 is 0 Å². The van der Waals surface area contributed by atoms with Gasteiger partial charge in [0.15, 0.2) is 0 Å². The summed E-state index contributed by atoms with van der Waals surface area (Å²) in [6.07, 6.45) is 0. The molecule has 0 aromatic carbocycles. The summed E-state index contributed by atoms with van der Waals surface area (Å²) >= 11 is -0.289. The maximum absolute atomic E-state index is 2.30. The van der Waals surface area contributed by atoms with Gasteiger partial charge in [-0.05, 0) is 0 Å². The molecule has 9 heavy (non-hydrogen) atoms. The second-order valence-electron chi connectivity index (χ2n) is 2.53. The summed E-state index contributed by atoms with van der Waals surface area (Å²) in [6.45, 7) is 9.10. The van der Waals surface area contributed by atoms with Gasteiger partial charge in [-0.25, -0.2) is 0 Å². The van der Waals surface area contributed by atoms with E-state index < -0.39 is 0 Å². The molecule has 0 N–H and O–H groups in total. The fourth-order valence-corrected chi connectivity index (χ4v) is 5.53. The SMILES string of the molecule is C[C]1=C(C)C(C)=[C](C)[Bi]1. The van der Waals surface area contributed by atoms with Crippen molar-refractivity contribution in [2.24, 2.45) is 0 Å². The maximum atomic E-state index is 2.30. The average molecular weight is 317 g/mol. The average Bonchev–Trinajstić information content (AvgIpc) is 1.98. The second kappa shape index (κ2) is 2.54. The molecule has 1 aliphatic heterocycles. The molecule has 1 heterocycles. The van der Waals surface area contributed by atoms with Crippen molar-refractivity contribution in [1.29, 1.82) is 0 Å². The number of allylic oxidation sites excluding steroid dienone is 4. The van der Waals surface area contributed by atoms with Crippen molar-refractivity contribution in [3.8, 4) is 0 Å². The van der Waals surface area contributed by atoms with Gasteiger partial charge < -0.3 is 0 Å². The Kier molecular flexibility index (Phi) is 2.11. The van der Waals surface area contributed by atoms with Crippen molar-refractivity contribution in [3.05, 3.63) is 17.7 Å². The molecular weight excluding hydrogens is 305 g/mol. The molecule has 1 heteroatoms. The van der Waals surface area contributed by atoms with Crippen LogP contribution in [-0.2, 0) is 0 Å². The minimum absolute atomic E-state index is 0.289. The Bertz CT molecular complexity index is 175. The molecule has 1 rings (SSSR count). The Morgan fingerprint density at radius 1 is 0.778 bits per heavy atom. The van der Waals surface area contributed by atoms with Crippen LogP contribution in [0.3, 0.4) is 0 Å². The number of hydrogen-bond acceptors (Lipinski definition) is 0. The van der Waals surface area contributed by atoms with Crippen LogP contribution in [0.25, 0.3) is 0 Å². The Morgan fingerprint density at radius 2 is 1.11 bits per heavy atom. The quantitative estimate of drug-likeness (QED) is 0.602. The van der Waals surface area contributed by atoms with Crippen molar-refractivity contribution < 1.29 is 0 Å². The monoisotopic (exact) mass is 317 g/mol. The fourth-order valence-electron chi connectivity index (χ4n) is 0.962. The molecule has 0 atom stereocenters. The summed E-state index contributed by atoms with van der Waals surface area (Å²) in [7, 11) is 0. The number of hydrogen-bond donors (Lipinski definition) is 0. The molecular formula is C8H12Bi. The van der Waals surface area contributed by atoms with E-state index in [-0.39, 0.29) is 23.2 Å². The van der Waals surface area contributed by atoms with Gasteiger partial charge in [0, 0.05) is 0 Å². The van der Waals surface area contributed by atoms with E-state index in [1.54, 1.807) is 17.7 Å². The molecule has 49 valence electrons. The van der Waals surface area contributed by atoms with E-state index in [2.05, 4.69) is 27.7 Å². The molecule has 0 saturated carbocycles. The van der Waals surface area contributed by atoms with E-state index in [0.29, 0.717) is 0 Å². The van der Waals surface area contributed by atoms with Crippen molar-refractivity contribution in [2.75, 3.05) is 0 Å². The molecule has 0 aromatic heterocycles. The first-order valence-corrected chi connectivity index (χ1v) is 6.67. The third-order valence-electron chi connectivity index (χ3n) is 1.98. The Morgan fingerprint density at radius 3 is 1.22 bits per heavy atom. The number of rotatable bonds is 0. The van der Waals surface area contributed by atoms with Crippen molar-refractivity contribution >= 4 is 23.2 Å². The third kappa shape index (κ3) is 1.26. The Hall–Kier alpha value is 0.363. The minimum atomic E-state index is -0.289. The Labute approximate surface area is 68.6 Å². The van der Waals surface area contributed by atoms with Gasteiger partial charge in [-0.2, -0.15) is 0 Å². The molecule has 1 aliphatic rings. The normalized spacial score (nSPS) is 20.0. The zero-order valence-corrected chi connectivity index (χ0v) is 9.92. The van der Waals surface area contributed by atoms with Gasteiger partial charge in [-0.3, -0.25) is 0 Å². The van der Waals surface area contributed by atoms with Gasteiger partial charge in [0.25, 0.3) is 0 Å². The summed E-state index contributed by atoms with van der Waals surface area (Å²) in [4.78, 5) is 0. The van der Waals surface area contributed by atoms with E-state index in [0.717, 1.165) is 0 Å². The van der Waals surface area contributed by atoms with E-state index >= 15 is 0 Å². The van der Waals surface area contributed by atoms with E-state index in [1.807, 2.05) is 0 Å². The standard InChI is InChI=1S/C8H12.Bi/c1-5-7(3)8(4)6-2;/h1-4H3;. The molecule has 0 fully saturated rings. The van der Waals surface area contributed by atoms with Crippen LogP contribution in [0.1, 0.15) is 27.7 Å². The molecule has 0 bridgehead atoms. The van der Waals surface area contributed by atoms with Crippen LogP contribution < -0.4 is 0 Å². The van der Waals surface area contributed by atoms with Crippen LogP contribution in [0.5, 0.6) is 0 Å². The third-order valence-corrected chi connectivity index (χ3v) is 7.20. The summed E-state index contributed by atoms with van der Waals surface area (Å²) in [5.41, 5.74) is 3.17. The molecule has 0 saturated heterocycles. The molecule has 0 amide bonds. The van der Waals surface area contributed by atoms with E-state index in [1.165, 1.54) is 0 Å². The topological polar surface area (TPSA) is 0 Å². The second-order valence-corrected chi connectivity index (χ2v) is 8.62. The van der Waals surface area contributed by atoms with Crippen LogP contribution in [0, 0.1) is 0 Å². The van der Waals surface area contributed by atoms with E-state index in [9.17, 15) is 0 Å². The summed E-state index contributed by atoms with van der Waals surface area (Å²) in [5.74, 6) is 0. The fraction of sp³-hybridized carbons (Fsp3) is 0.500. The summed E-state index contributed by atoms with van der Waals surface area (Å²) in [5, 5.41) is 0. The first-order chi connectivity index (χ1) is 4.13. The molecule has 0 unspecified atom stereocenters. The van der Waals surface area contributed by atoms with E-state index in [4.69, 9.17) is 0 Å². The van der Waals surface area contributed by atoms with Gasteiger partial charge in [0.1, 0.15) is 0 Å². The summed E-state index contributed by atoms with van der Waals surface area (Å²) in [6, 6.07) is 0.